The van der Waals surface area contributed by atoms with Gasteiger partial charge in [-0.2, -0.15) is 5.26 Å². The summed E-state index contributed by atoms with van der Waals surface area (Å²) in [6.45, 7) is 7.44. The number of ether oxygens (including phenoxy) is 1. The fraction of sp³-hybridized carbons (Fsp3) is 0.500. The fourth-order valence-electron chi connectivity index (χ4n) is 5.31. The maximum Gasteiger partial charge on any atom is 0.261 e. The highest BCUT2D eigenvalue weighted by atomic mass is 28.4. The summed E-state index contributed by atoms with van der Waals surface area (Å²) in [6, 6.07) is 23.0. The highest BCUT2D eigenvalue weighted by Crippen LogP contribution is 2.41. The zero-order chi connectivity index (χ0) is 23.7. The van der Waals surface area contributed by atoms with E-state index in [0.717, 1.165) is 10.4 Å². The number of aliphatic hydroxyl groups is 1. The maximum absolute atomic E-state index is 14.5. The first kappa shape index (κ1) is 24.1. The normalized spacial score (nSPS) is 29.0. The van der Waals surface area contributed by atoms with Crippen LogP contribution >= 0.6 is 0 Å². The number of alkyl halides is 1. The fourth-order valence-corrected chi connectivity index (χ4v) is 10.0. The van der Waals surface area contributed by atoms with E-state index in [1.807, 2.05) is 41.3 Å². The minimum absolute atomic E-state index is 0.00130. The average molecular weight is 469 g/mol. The van der Waals surface area contributed by atoms with Crippen LogP contribution in [0.2, 0.25) is 5.04 Å². The van der Waals surface area contributed by atoms with Crippen LogP contribution in [-0.2, 0) is 9.16 Å². The number of halogens is 1. The van der Waals surface area contributed by atoms with Crippen molar-refractivity contribution in [3.63, 3.8) is 0 Å². The van der Waals surface area contributed by atoms with Gasteiger partial charge in [0.05, 0.1) is 25.4 Å². The molecule has 0 aromatic heterocycles. The molecule has 0 radical (unpaired) electrons. The molecular weight excluding hydrogens is 435 g/mol. The SMILES string of the molecule is CC(C)(C)[Si](O[C@H]1COC[C@@]1(C#N)N1CC[C@H](O)[C@H](F)C1)(c1ccccc1)c1ccccc1. The molecule has 0 unspecified atom stereocenters. The van der Waals surface area contributed by atoms with Gasteiger partial charge < -0.3 is 14.3 Å². The lowest BCUT2D eigenvalue weighted by molar-refractivity contribution is -0.0431. The molecule has 0 bridgehead atoms. The Bertz CT molecular complexity index is 939. The van der Waals surface area contributed by atoms with Gasteiger partial charge in [-0.05, 0) is 21.8 Å². The van der Waals surface area contributed by atoms with Gasteiger partial charge >= 0.3 is 0 Å². The van der Waals surface area contributed by atoms with Crippen molar-refractivity contribution >= 4 is 18.7 Å². The third-order valence-electron chi connectivity index (χ3n) is 7.12. The Morgan fingerprint density at radius 1 is 1.12 bits per heavy atom. The van der Waals surface area contributed by atoms with E-state index in [-0.39, 0.29) is 31.2 Å². The minimum atomic E-state index is -2.91. The van der Waals surface area contributed by atoms with Crippen LogP contribution in [0.15, 0.2) is 60.7 Å². The second kappa shape index (κ2) is 9.28. The number of benzene rings is 2. The summed E-state index contributed by atoms with van der Waals surface area (Å²) in [5.74, 6) is 0. The minimum Gasteiger partial charge on any atom is -0.399 e. The van der Waals surface area contributed by atoms with Crippen LogP contribution in [0.3, 0.4) is 0 Å². The Morgan fingerprint density at radius 2 is 1.70 bits per heavy atom. The van der Waals surface area contributed by atoms with Gasteiger partial charge in [0.1, 0.15) is 12.3 Å². The molecule has 2 aliphatic rings. The molecule has 4 atom stereocenters. The number of rotatable bonds is 5. The molecule has 0 saturated carbocycles. The van der Waals surface area contributed by atoms with Crippen LogP contribution in [-0.4, -0.2) is 68.5 Å². The molecule has 5 nitrogen and oxygen atoms in total. The van der Waals surface area contributed by atoms with Crippen molar-refractivity contribution in [2.75, 3.05) is 26.3 Å². The standard InChI is InChI=1S/C26H33FN2O3Si/c1-25(2,3)33(20-10-6-4-7-11-20,21-12-8-5-9-13-21)32-24-17-31-19-26(24,18-28)29-15-14-23(30)22(27)16-29/h4-13,22-24,30H,14-17,19H2,1-3H3/t22-,23+,24+,26-/m1/s1. The van der Waals surface area contributed by atoms with Gasteiger partial charge in [-0.1, -0.05) is 81.4 Å². The summed E-state index contributed by atoms with van der Waals surface area (Å²) in [5, 5.41) is 22.3. The van der Waals surface area contributed by atoms with E-state index in [2.05, 4.69) is 51.1 Å². The zero-order valence-corrected chi connectivity index (χ0v) is 20.6. The average Bonchev–Trinajstić information content (AvgIpc) is 3.23. The molecule has 33 heavy (non-hydrogen) atoms. The van der Waals surface area contributed by atoms with E-state index in [9.17, 15) is 14.8 Å². The monoisotopic (exact) mass is 468 g/mol. The molecule has 1 N–H and O–H groups in total. The number of hydrogen-bond donors (Lipinski definition) is 1. The van der Waals surface area contributed by atoms with Crippen molar-refractivity contribution in [2.45, 2.75) is 56.1 Å². The summed E-state index contributed by atoms with van der Waals surface area (Å²) < 4.78 is 27.6. The van der Waals surface area contributed by atoms with E-state index in [0.29, 0.717) is 6.54 Å². The predicted octanol–water partition coefficient (Wildman–Crippen LogP) is 2.63. The van der Waals surface area contributed by atoms with Crippen LogP contribution in [0.25, 0.3) is 0 Å². The van der Waals surface area contributed by atoms with Crippen LogP contribution in [0.1, 0.15) is 27.2 Å². The van der Waals surface area contributed by atoms with E-state index in [1.54, 1.807) is 0 Å². The van der Waals surface area contributed by atoms with Crippen molar-refractivity contribution in [1.82, 2.24) is 4.90 Å². The number of aliphatic hydroxyl groups excluding tert-OH is 1. The van der Waals surface area contributed by atoms with E-state index in [1.165, 1.54) is 0 Å². The second-order valence-electron chi connectivity index (χ2n) is 10.1. The highest BCUT2D eigenvalue weighted by molar-refractivity contribution is 6.99. The smallest absolute Gasteiger partial charge is 0.261 e. The zero-order valence-electron chi connectivity index (χ0n) is 19.6. The van der Waals surface area contributed by atoms with E-state index < -0.39 is 32.2 Å². The summed E-state index contributed by atoms with van der Waals surface area (Å²) >= 11 is 0. The van der Waals surface area contributed by atoms with Gasteiger partial charge in [0.2, 0.25) is 0 Å². The number of nitriles is 1. The van der Waals surface area contributed by atoms with E-state index in [4.69, 9.17) is 9.16 Å². The summed E-state index contributed by atoms with van der Waals surface area (Å²) in [5.41, 5.74) is -1.10. The first-order chi connectivity index (χ1) is 15.7. The van der Waals surface area contributed by atoms with Crippen molar-refractivity contribution in [1.29, 1.82) is 5.26 Å². The first-order valence-electron chi connectivity index (χ1n) is 11.6. The van der Waals surface area contributed by atoms with Gasteiger partial charge in [0, 0.05) is 13.1 Å². The molecule has 2 heterocycles. The number of hydrogen-bond acceptors (Lipinski definition) is 5. The Labute approximate surface area is 196 Å². The van der Waals surface area contributed by atoms with Crippen LogP contribution in [0.4, 0.5) is 4.39 Å². The Hall–Kier alpha value is -2.08. The maximum atomic E-state index is 14.5. The number of nitrogens with zero attached hydrogens (tertiary/aromatic N) is 2. The molecule has 0 aliphatic carbocycles. The lowest BCUT2D eigenvalue weighted by Crippen LogP contribution is -2.71. The van der Waals surface area contributed by atoms with Crippen LogP contribution in [0, 0.1) is 11.3 Å². The van der Waals surface area contributed by atoms with Gasteiger partial charge in [-0.15, -0.1) is 0 Å². The first-order valence-corrected chi connectivity index (χ1v) is 13.5. The molecule has 2 aliphatic heterocycles. The van der Waals surface area contributed by atoms with Gasteiger partial charge in [0.15, 0.2) is 5.54 Å². The molecule has 2 saturated heterocycles. The summed E-state index contributed by atoms with van der Waals surface area (Å²) in [7, 11) is -2.91. The molecule has 0 spiro atoms. The molecule has 2 fully saturated rings. The molecule has 176 valence electrons. The Morgan fingerprint density at radius 3 is 2.18 bits per heavy atom. The Balaban J connectivity index is 1.82. The molecule has 4 rings (SSSR count). The molecule has 7 heteroatoms. The van der Waals surface area contributed by atoms with Gasteiger partial charge in [0.25, 0.3) is 8.32 Å². The van der Waals surface area contributed by atoms with E-state index >= 15 is 0 Å². The van der Waals surface area contributed by atoms with Crippen molar-refractivity contribution in [3.05, 3.63) is 60.7 Å². The van der Waals surface area contributed by atoms with Crippen LogP contribution < -0.4 is 10.4 Å². The molecule has 2 aromatic carbocycles. The summed E-state index contributed by atoms with van der Waals surface area (Å²) in [6.07, 6.45) is -2.64. The third-order valence-corrected chi connectivity index (χ3v) is 12.2. The highest BCUT2D eigenvalue weighted by Gasteiger charge is 2.58. The molecule has 2 aromatic rings. The van der Waals surface area contributed by atoms with Crippen molar-refractivity contribution in [2.24, 2.45) is 0 Å². The third kappa shape index (κ3) is 4.15. The predicted molar refractivity (Wildman–Crippen MR) is 129 cm³/mol. The molecular formula is C26H33FN2O3Si. The second-order valence-corrected chi connectivity index (χ2v) is 14.4. The van der Waals surface area contributed by atoms with Crippen molar-refractivity contribution < 1.29 is 18.7 Å². The van der Waals surface area contributed by atoms with Crippen molar-refractivity contribution in [3.8, 4) is 6.07 Å². The summed E-state index contributed by atoms with van der Waals surface area (Å²) in [4.78, 5) is 1.83. The number of likely N-dealkylation sites (tertiary alicyclic amines) is 1. The largest absolute Gasteiger partial charge is 0.399 e. The quantitative estimate of drug-likeness (QED) is 0.684. The topological polar surface area (TPSA) is 65.7 Å². The molecule has 0 amide bonds. The Kier molecular flexibility index (Phi) is 6.77. The van der Waals surface area contributed by atoms with Gasteiger partial charge in [-0.25, -0.2) is 4.39 Å². The van der Waals surface area contributed by atoms with Gasteiger partial charge in [-0.3, -0.25) is 4.90 Å². The lowest BCUT2D eigenvalue weighted by Gasteiger charge is -2.49. The number of piperidine rings is 1. The lowest BCUT2D eigenvalue weighted by atomic mass is 9.91. The van der Waals surface area contributed by atoms with Crippen LogP contribution in [0.5, 0.6) is 0 Å².